The molecule has 138 valence electrons. The highest BCUT2D eigenvalue weighted by atomic mass is 16.5. The molecule has 2 aromatic rings. The first-order chi connectivity index (χ1) is 12.5. The fourth-order valence-electron chi connectivity index (χ4n) is 2.96. The Bertz CT molecular complexity index is 806. The van der Waals surface area contributed by atoms with Crippen LogP contribution in [-0.4, -0.2) is 32.9 Å². The minimum absolute atomic E-state index is 0.0387. The van der Waals surface area contributed by atoms with Crippen molar-refractivity contribution in [2.45, 2.75) is 26.4 Å². The van der Waals surface area contributed by atoms with E-state index < -0.39 is 0 Å². The quantitative estimate of drug-likeness (QED) is 0.891. The van der Waals surface area contributed by atoms with Gasteiger partial charge in [-0.15, -0.1) is 0 Å². The standard InChI is InChI=1S/C20H24N2O4/c1-5-14-12-22(17-10-13(2)6-8-19(17)26-14)20(23)21-16-11-15(24-3)7-9-18(16)25-4/h6-11,14H,5,12H2,1-4H3,(H,21,23). The molecule has 1 N–H and O–H groups in total. The van der Waals surface area contributed by atoms with Crippen molar-refractivity contribution in [3.8, 4) is 17.2 Å². The molecule has 1 atom stereocenters. The van der Waals surface area contributed by atoms with Gasteiger partial charge in [0.1, 0.15) is 23.4 Å². The van der Waals surface area contributed by atoms with Gasteiger partial charge in [0.25, 0.3) is 0 Å². The van der Waals surface area contributed by atoms with E-state index in [1.807, 2.05) is 32.0 Å². The van der Waals surface area contributed by atoms with Gasteiger partial charge in [-0.3, -0.25) is 4.90 Å². The van der Waals surface area contributed by atoms with E-state index in [-0.39, 0.29) is 12.1 Å². The van der Waals surface area contributed by atoms with Crippen LogP contribution in [0.3, 0.4) is 0 Å². The highest BCUT2D eigenvalue weighted by Crippen LogP contribution is 2.36. The van der Waals surface area contributed by atoms with Crippen LogP contribution in [0.4, 0.5) is 16.2 Å². The van der Waals surface area contributed by atoms with E-state index in [9.17, 15) is 4.79 Å². The van der Waals surface area contributed by atoms with Crippen molar-refractivity contribution in [3.05, 3.63) is 42.0 Å². The van der Waals surface area contributed by atoms with E-state index in [4.69, 9.17) is 14.2 Å². The number of urea groups is 1. The number of hydrogen-bond acceptors (Lipinski definition) is 4. The summed E-state index contributed by atoms with van der Waals surface area (Å²) < 4.78 is 16.6. The molecule has 1 unspecified atom stereocenters. The maximum atomic E-state index is 13.0. The third kappa shape index (κ3) is 3.54. The number of benzene rings is 2. The summed E-state index contributed by atoms with van der Waals surface area (Å²) >= 11 is 0. The van der Waals surface area contributed by atoms with Crippen LogP contribution in [-0.2, 0) is 0 Å². The summed E-state index contributed by atoms with van der Waals surface area (Å²) in [6.07, 6.45) is 0.780. The summed E-state index contributed by atoms with van der Waals surface area (Å²) in [5, 5.41) is 2.94. The molecule has 0 aliphatic carbocycles. The van der Waals surface area contributed by atoms with Gasteiger partial charge in [0.05, 0.1) is 32.1 Å². The maximum Gasteiger partial charge on any atom is 0.326 e. The molecule has 3 rings (SSSR count). The molecule has 1 heterocycles. The molecule has 1 aliphatic heterocycles. The van der Waals surface area contributed by atoms with Gasteiger partial charge in [-0.25, -0.2) is 4.79 Å². The molecule has 0 aromatic heterocycles. The largest absolute Gasteiger partial charge is 0.497 e. The van der Waals surface area contributed by atoms with Crippen molar-refractivity contribution >= 4 is 17.4 Å². The molecule has 6 nitrogen and oxygen atoms in total. The fourth-order valence-corrected chi connectivity index (χ4v) is 2.96. The van der Waals surface area contributed by atoms with Gasteiger partial charge < -0.3 is 19.5 Å². The number of carbonyl (C=O) groups is 1. The Morgan fingerprint density at radius 1 is 1.23 bits per heavy atom. The Balaban J connectivity index is 1.91. The number of methoxy groups -OCH3 is 2. The fraction of sp³-hybridized carbons (Fsp3) is 0.350. The molecule has 0 saturated carbocycles. The zero-order chi connectivity index (χ0) is 18.7. The van der Waals surface area contributed by atoms with Crippen molar-refractivity contribution < 1.29 is 19.0 Å². The Hall–Kier alpha value is -2.89. The average Bonchev–Trinajstić information content (AvgIpc) is 2.66. The summed E-state index contributed by atoms with van der Waals surface area (Å²) in [6.45, 7) is 4.53. The Labute approximate surface area is 153 Å². The second-order valence-electron chi connectivity index (χ2n) is 6.23. The molecule has 2 amide bonds. The van der Waals surface area contributed by atoms with Crippen LogP contribution in [0.1, 0.15) is 18.9 Å². The summed E-state index contributed by atoms with van der Waals surface area (Å²) in [4.78, 5) is 14.8. The van der Waals surface area contributed by atoms with E-state index in [2.05, 4.69) is 5.32 Å². The van der Waals surface area contributed by atoms with Crippen molar-refractivity contribution in [1.82, 2.24) is 0 Å². The molecule has 1 aliphatic rings. The molecule has 0 bridgehead atoms. The van der Waals surface area contributed by atoms with Crippen LogP contribution in [0.15, 0.2) is 36.4 Å². The lowest BCUT2D eigenvalue weighted by molar-refractivity contribution is 0.188. The third-order valence-corrected chi connectivity index (χ3v) is 4.43. The molecule has 26 heavy (non-hydrogen) atoms. The SMILES string of the molecule is CCC1CN(C(=O)Nc2cc(OC)ccc2OC)c2cc(C)ccc2O1. The minimum atomic E-state index is -0.231. The van der Waals surface area contributed by atoms with Gasteiger partial charge in [0.2, 0.25) is 0 Å². The lowest BCUT2D eigenvalue weighted by Gasteiger charge is -2.34. The van der Waals surface area contributed by atoms with Crippen LogP contribution in [0.25, 0.3) is 0 Å². The second kappa shape index (κ2) is 7.56. The van der Waals surface area contributed by atoms with Gasteiger partial charge in [0, 0.05) is 6.07 Å². The Morgan fingerprint density at radius 3 is 2.73 bits per heavy atom. The summed E-state index contributed by atoms with van der Waals surface area (Å²) in [6, 6.07) is 10.9. The van der Waals surface area contributed by atoms with Crippen molar-refractivity contribution in [1.29, 1.82) is 0 Å². The smallest absolute Gasteiger partial charge is 0.326 e. The first-order valence-electron chi connectivity index (χ1n) is 8.63. The Kier molecular flexibility index (Phi) is 5.21. The molecule has 2 aromatic carbocycles. The summed E-state index contributed by atoms with van der Waals surface area (Å²) in [7, 11) is 3.15. The lowest BCUT2D eigenvalue weighted by Crippen LogP contribution is -2.45. The number of fused-ring (bicyclic) bond motifs is 1. The zero-order valence-corrected chi connectivity index (χ0v) is 15.5. The molecule has 0 spiro atoms. The lowest BCUT2D eigenvalue weighted by atomic mass is 10.1. The minimum Gasteiger partial charge on any atom is -0.497 e. The van der Waals surface area contributed by atoms with Crippen LogP contribution in [0.2, 0.25) is 0 Å². The zero-order valence-electron chi connectivity index (χ0n) is 15.5. The molecular formula is C20H24N2O4. The van der Waals surface area contributed by atoms with Gasteiger partial charge in [-0.1, -0.05) is 13.0 Å². The normalized spacial score (nSPS) is 15.7. The number of ether oxygens (including phenoxy) is 3. The topological polar surface area (TPSA) is 60.0 Å². The monoisotopic (exact) mass is 356 g/mol. The van der Waals surface area contributed by atoms with Gasteiger partial charge in [-0.2, -0.15) is 0 Å². The third-order valence-electron chi connectivity index (χ3n) is 4.43. The van der Waals surface area contributed by atoms with E-state index in [0.717, 1.165) is 23.4 Å². The summed E-state index contributed by atoms with van der Waals surface area (Å²) in [5.41, 5.74) is 2.40. The van der Waals surface area contributed by atoms with Gasteiger partial charge in [-0.05, 0) is 43.2 Å². The predicted octanol–water partition coefficient (Wildman–Crippen LogP) is 4.22. The first kappa shape index (κ1) is 17.9. The van der Waals surface area contributed by atoms with Crippen molar-refractivity contribution in [2.24, 2.45) is 0 Å². The van der Waals surface area contributed by atoms with Crippen LogP contribution < -0.4 is 24.4 Å². The van der Waals surface area contributed by atoms with Crippen LogP contribution in [0.5, 0.6) is 17.2 Å². The highest BCUT2D eigenvalue weighted by Gasteiger charge is 2.29. The number of nitrogens with zero attached hydrogens (tertiary/aromatic N) is 1. The molecule has 6 heteroatoms. The van der Waals surface area contributed by atoms with Crippen LogP contribution >= 0.6 is 0 Å². The first-order valence-corrected chi connectivity index (χ1v) is 8.63. The van der Waals surface area contributed by atoms with E-state index >= 15 is 0 Å². The van der Waals surface area contributed by atoms with E-state index in [0.29, 0.717) is 23.7 Å². The number of nitrogens with one attached hydrogen (secondary N) is 1. The van der Waals surface area contributed by atoms with Gasteiger partial charge >= 0.3 is 6.03 Å². The van der Waals surface area contributed by atoms with E-state index in [1.165, 1.54) is 0 Å². The summed E-state index contributed by atoms with van der Waals surface area (Å²) in [5.74, 6) is 1.94. The van der Waals surface area contributed by atoms with Crippen molar-refractivity contribution in [3.63, 3.8) is 0 Å². The number of hydrogen-bond donors (Lipinski definition) is 1. The number of anilines is 2. The molecular weight excluding hydrogens is 332 g/mol. The number of amides is 2. The average molecular weight is 356 g/mol. The second-order valence-corrected chi connectivity index (χ2v) is 6.23. The van der Waals surface area contributed by atoms with Crippen LogP contribution in [0, 0.1) is 6.92 Å². The van der Waals surface area contributed by atoms with E-state index in [1.54, 1.807) is 37.3 Å². The molecule has 0 saturated heterocycles. The predicted molar refractivity (Wildman–Crippen MR) is 102 cm³/mol. The number of rotatable bonds is 4. The maximum absolute atomic E-state index is 13.0. The Morgan fingerprint density at radius 2 is 2.04 bits per heavy atom. The van der Waals surface area contributed by atoms with Crippen molar-refractivity contribution in [2.75, 3.05) is 31.0 Å². The number of carbonyl (C=O) groups excluding carboxylic acids is 1. The number of aryl methyl sites for hydroxylation is 1. The highest BCUT2D eigenvalue weighted by molar-refractivity contribution is 6.04. The van der Waals surface area contributed by atoms with Gasteiger partial charge in [0.15, 0.2) is 0 Å². The molecule has 0 radical (unpaired) electrons. The molecule has 0 fully saturated rings.